The third-order valence-electron chi connectivity index (χ3n) is 3.16. The van der Waals surface area contributed by atoms with E-state index in [0.29, 0.717) is 12.1 Å². The Hall–Kier alpha value is -1.44. The maximum absolute atomic E-state index is 12.4. The molecule has 0 aliphatic carbocycles. The molecule has 0 saturated heterocycles. The molecule has 0 aromatic carbocycles. The van der Waals surface area contributed by atoms with Crippen molar-refractivity contribution in [2.45, 2.75) is 19.6 Å². The van der Waals surface area contributed by atoms with E-state index < -0.39 is 6.29 Å². The smallest absolute Gasteiger partial charge is 0.270 e. The van der Waals surface area contributed by atoms with Gasteiger partial charge in [0, 0.05) is 24.9 Å². The number of pyridine rings is 1. The van der Waals surface area contributed by atoms with Crippen molar-refractivity contribution in [2.24, 2.45) is 0 Å². The molecule has 0 aliphatic heterocycles. The molecule has 0 atom stereocenters. The first-order valence-electron chi connectivity index (χ1n) is 6.61. The number of hydrogen-bond donors (Lipinski definition) is 1. The van der Waals surface area contributed by atoms with Crippen LogP contribution in [0.5, 0.6) is 0 Å². The zero-order valence-electron chi connectivity index (χ0n) is 12.2. The van der Waals surface area contributed by atoms with Crippen LogP contribution in [0.4, 0.5) is 0 Å². The van der Waals surface area contributed by atoms with Crippen LogP contribution < -0.4 is 5.32 Å². The standard InChI is InChI=1S/C14H18BrN3O3/c1-4-10-13(14(19)16-7-12(20-2)21-3)18-8-9(15)5-6-11(18)17-10/h5-6,8,12H,4,7H2,1-3H3,(H,16,19). The van der Waals surface area contributed by atoms with Crippen LogP contribution in [-0.4, -0.2) is 42.3 Å². The molecule has 0 spiro atoms. The Labute approximate surface area is 131 Å². The maximum Gasteiger partial charge on any atom is 0.270 e. The monoisotopic (exact) mass is 355 g/mol. The highest BCUT2D eigenvalue weighted by atomic mass is 79.9. The summed E-state index contributed by atoms with van der Waals surface area (Å²) >= 11 is 3.41. The minimum atomic E-state index is -0.468. The van der Waals surface area contributed by atoms with Crippen molar-refractivity contribution in [3.05, 3.63) is 34.2 Å². The number of rotatable bonds is 6. The topological polar surface area (TPSA) is 64.9 Å². The van der Waals surface area contributed by atoms with Crippen molar-refractivity contribution in [3.63, 3.8) is 0 Å². The molecule has 6 nitrogen and oxygen atoms in total. The highest BCUT2D eigenvalue weighted by molar-refractivity contribution is 9.10. The minimum absolute atomic E-state index is 0.198. The third kappa shape index (κ3) is 3.42. The fourth-order valence-corrected chi connectivity index (χ4v) is 2.41. The van der Waals surface area contributed by atoms with Crippen LogP contribution >= 0.6 is 15.9 Å². The first-order valence-corrected chi connectivity index (χ1v) is 7.40. The van der Waals surface area contributed by atoms with Gasteiger partial charge in [0.05, 0.1) is 12.2 Å². The number of aryl methyl sites for hydroxylation is 1. The lowest BCUT2D eigenvalue weighted by Gasteiger charge is -2.14. The molecule has 1 N–H and O–H groups in total. The highest BCUT2D eigenvalue weighted by Crippen LogP contribution is 2.17. The molecule has 0 bridgehead atoms. The van der Waals surface area contributed by atoms with Crippen LogP contribution in [0.1, 0.15) is 23.1 Å². The molecule has 0 unspecified atom stereocenters. The molecule has 0 saturated carbocycles. The first kappa shape index (κ1) is 15.9. The first-order chi connectivity index (χ1) is 10.1. The van der Waals surface area contributed by atoms with E-state index in [1.165, 1.54) is 14.2 Å². The lowest BCUT2D eigenvalue weighted by atomic mass is 10.2. The van der Waals surface area contributed by atoms with Gasteiger partial charge < -0.3 is 14.8 Å². The van der Waals surface area contributed by atoms with E-state index in [2.05, 4.69) is 26.2 Å². The van der Waals surface area contributed by atoms with Gasteiger partial charge in [0.25, 0.3) is 5.91 Å². The van der Waals surface area contributed by atoms with Gasteiger partial charge in [-0.25, -0.2) is 4.98 Å². The lowest BCUT2D eigenvalue weighted by Crippen LogP contribution is -2.35. The van der Waals surface area contributed by atoms with Crippen LogP contribution in [0.25, 0.3) is 5.65 Å². The third-order valence-corrected chi connectivity index (χ3v) is 3.63. The zero-order chi connectivity index (χ0) is 15.4. The van der Waals surface area contributed by atoms with Crippen LogP contribution in [0, 0.1) is 0 Å². The Morgan fingerprint density at radius 1 is 1.43 bits per heavy atom. The molecule has 7 heteroatoms. The van der Waals surface area contributed by atoms with Crippen LogP contribution in [0.15, 0.2) is 22.8 Å². The summed E-state index contributed by atoms with van der Waals surface area (Å²) in [5.41, 5.74) is 2.05. The van der Waals surface area contributed by atoms with Gasteiger partial charge in [-0.2, -0.15) is 0 Å². The second kappa shape index (κ2) is 7.02. The minimum Gasteiger partial charge on any atom is -0.354 e. The maximum atomic E-state index is 12.4. The number of nitrogens with zero attached hydrogens (tertiary/aromatic N) is 2. The number of methoxy groups -OCH3 is 2. The molecule has 2 heterocycles. The molecule has 0 fully saturated rings. The quantitative estimate of drug-likeness (QED) is 0.805. The summed E-state index contributed by atoms with van der Waals surface area (Å²) in [6, 6.07) is 3.77. The number of nitrogens with one attached hydrogen (secondary N) is 1. The van der Waals surface area contributed by atoms with Crippen LogP contribution in [0.3, 0.4) is 0 Å². The summed E-state index contributed by atoms with van der Waals surface area (Å²) in [5.74, 6) is -0.198. The summed E-state index contributed by atoms with van der Waals surface area (Å²) in [4.78, 5) is 16.9. The Morgan fingerprint density at radius 2 is 2.14 bits per heavy atom. The Bertz CT molecular complexity index is 638. The number of halogens is 1. The lowest BCUT2D eigenvalue weighted by molar-refractivity contribution is -0.0974. The molecular formula is C14H18BrN3O3. The van der Waals surface area contributed by atoms with E-state index in [9.17, 15) is 4.79 Å². The zero-order valence-corrected chi connectivity index (χ0v) is 13.8. The van der Waals surface area contributed by atoms with Gasteiger partial charge in [-0.15, -0.1) is 0 Å². The van der Waals surface area contributed by atoms with E-state index in [4.69, 9.17) is 9.47 Å². The number of amides is 1. The summed E-state index contributed by atoms with van der Waals surface area (Å²) in [7, 11) is 3.06. The average molecular weight is 356 g/mol. The van der Waals surface area contributed by atoms with E-state index >= 15 is 0 Å². The Morgan fingerprint density at radius 3 is 2.76 bits per heavy atom. The number of fused-ring (bicyclic) bond motifs is 1. The molecule has 0 radical (unpaired) electrons. The number of hydrogen-bond acceptors (Lipinski definition) is 4. The van der Waals surface area contributed by atoms with Gasteiger partial charge in [-0.3, -0.25) is 9.20 Å². The molecule has 114 valence electrons. The van der Waals surface area contributed by atoms with Gasteiger partial charge in [-0.1, -0.05) is 6.92 Å². The van der Waals surface area contributed by atoms with Gasteiger partial charge in [-0.05, 0) is 34.5 Å². The predicted octanol–water partition coefficient (Wildman–Crippen LogP) is 2.01. The fraction of sp³-hybridized carbons (Fsp3) is 0.429. The molecule has 1 amide bonds. The van der Waals surface area contributed by atoms with Gasteiger partial charge in [0.2, 0.25) is 0 Å². The van der Waals surface area contributed by atoms with Crippen molar-refractivity contribution < 1.29 is 14.3 Å². The fourth-order valence-electron chi connectivity index (χ4n) is 2.08. The molecular weight excluding hydrogens is 338 g/mol. The van der Waals surface area contributed by atoms with Crippen molar-refractivity contribution in [1.29, 1.82) is 0 Å². The average Bonchev–Trinajstić information content (AvgIpc) is 2.85. The predicted molar refractivity (Wildman–Crippen MR) is 82.4 cm³/mol. The molecule has 2 aromatic rings. The number of ether oxygens (including phenoxy) is 2. The second-order valence-electron chi connectivity index (χ2n) is 4.45. The summed E-state index contributed by atoms with van der Waals surface area (Å²) in [6.45, 7) is 2.25. The number of aromatic nitrogens is 2. The van der Waals surface area contributed by atoms with Gasteiger partial charge >= 0.3 is 0 Å². The van der Waals surface area contributed by atoms with E-state index in [1.807, 2.05) is 25.3 Å². The van der Waals surface area contributed by atoms with Crippen molar-refractivity contribution >= 4 is 27.5 Å². The number of carbonyl (C=O) groups excluding carboxylic acids is 1. The summed E-state index contributed by atoms with van der Waals surface area (Å²) in [5, 5.41) is 2.81. The normalized spacial score (nSPS) is 11.3. The molecule has 2 aromatic heterocycles. The second-order valence-corrected chi connectivity index (χ2v) is 5.36. The van der Waals surface area contributed by atoms with Crippen LogP contribution in [0.2, 0.25) is 0 Å². The van der Waals surface area contributed by atoms with Crippen molar-refractivity contribution in [1.82, 2.24) is 14.7 Å². The Kier molecular flexibility index (Phi) is 5.33. The van der Waals surface area contributed by atoms with E-state index in [1.54, 1.807) is 4.40 Å². The number of imidazole rings is 1. The van der Waals surface area contributed by atoms with Crippen molar-refractivity contribution in [3.8, 4) is 0 Å². The van der Waals surface area contributed by atoms with E-state index in [0.717, 1.165) is 15.8 Å². The number of carbonyl (C=O) groups is 1. The molecule has 21 heavy (non-hydrogen) atoms. The van der Waals surface area contributed by atoms with Crippen molar-refractivity contribution in [2.75, 3.05) is 20.8 Å². The van der Waals surface area contributed by atoms with Crippen LogP contribution in [-0.2, 0) is 15.9 Å². The summed E-state index contributed by atoms with van der Waals surface area (Å²) < 4.78 is 12.8. The molecule has 0 aliphatic rings. The van der Waals surface area contributed by atoms with Gasteiger partial charge in [0.1, 0.15) is 11.3 Å². The SMILES string of the molecule is CCc1nc2ccc(Br)cn2c1C(=O)NCC(OC)OC. The van der Waals surface area contributed by atoms with Gasteiger partial charge in [0.15, 0.2) is 6.29 Å². The highest BCUT2D eigenvalue weighted by Gasteiger charge is 2.19. The Balaban J connectivity index is 2.31. The largest absolute Gasteiger partial charge is 0.354 e. The molecule has 2 rings (SSSR count). The van der Waals surface area contributed by atoms with E-state index in [-0.39, 0.29) is 12.5 Å². The summed E-state index contributed by atoms with van der Waals surface area (Å²) in [6.07, 6.45) is 2.05.